The summed E-state index contributed by atoms with van der Waals surface area (Å²) in [7, 11) is 0. The maximum absolute atomic E-state index is 12.3. The van der Waals surface area contributed by atoms with E-state index in [1.165, 1.54) is 25.7 Å². The lowest BCUT2D eigenvalue weighted by Gasteiger charge is -2.37. The highest BCUT2D eigenvalue weighted by Gasteiger charge is 2.41. The van der Waals surface area contributed by atoms with E-state index in [1.807, 2.05) is 0 Å². The number of hydrogen-bond donors (Lipinski definition) is 1. The van der Waals surface area contributed by atoms with Gasteiger partial charge in [0.15, 0.2) is 0 Å². The van der Waals surface area contributed by atoms with Crippen LogP contribution in [0.15, 0.2) is 0 Å². The quantitative estimate of drug-likeness (QED) is 0.805. The van der Waals surface area contributed by atoms with E-state index in [-0.39, 0.29) is 11.4 Å². The normalized spacial score (nSPS) is 36.4. The van der Waals surface area contributed by atoms with E-state index < -0.39 is 0 Å². The average Bonchev–Trinajstić information content (AvgIpc) is 3.02. The molecule has 0 aromatic carbocycles. The molecule has 3 nitrogen and oxygen atoms in total. The van der Waals surface area contributed by atoms with Crippen molar-refractivity contribution in [2.75, 3.05) is 18.5 Å². The summed E-state index contributed by atoms with van der Waals surface area (Å²) in [6.45, 7) is 1.53. The number of carbonyl (C=O) groups excluding carboxylic acids is 1. The maximum Gasteiger partial charge on any atom is 0.220 e. The lowest BCUT2D eigenvalue weighted by Crippen LogP contribution is -2.53. The van der Waals surface area contributed by atoms with Crippen molar-refractivity contribution in [2.45, 2.75) is 50.5 Å². The minimum Gasteiger partial charge on any atom is -0.381 e. The van der Waals surface area contributed by atoms with Gasteiger partial charge < -0.3 is 10.1 Å². The monoisotopic (exact) mass is 329 g/mol. The molecule has 3 atom stereocenters. The van der Waals surface area contributed by atoms with Crippen LogP contribution in [0.1, 0.15) is 44.9 Å². The number of carbonyl (C=O) groups is 1. The molecule has 0 spiro atoms. The number of alkyl halides is 1. The fraction of sp³-hybridized carbons (Fsp3) is 0.933. The first-order valence-corrected chi connectivity index (χ1v) is 8.78. The molecule has 3 rings (SSSR count). The standard InChI is InChI=1S/C15H24BrNO2/c16-10-15(3-5-19-6-4-15)17-14(18)9-13-8-11-1-2-12(13)7-11/h11-13H,1-10H2,(H,17,18). The molecule has 1 saturated heterocycles. The van der Waals surface area contributed by atoms with E-state index in [2.05, 4.69) is 21.2 Å². The van der Waals surface area contributed by atoms with Crippen LogP contribution in [0, 0.1) is 17.8 Å². The van der Waals surface area contributed by atoms with Crippen LogP contribution >= 0.6 is 15.9 Å². The highest BCUT2D eigenvalue weighted by molar-refractivity contribution is 9.09. The zero-order valence-electron chi connectivity index (χ0n) is 11.5. The number of amides is 1. The van der Waals surface area contributed by atoms with Crippen LogP contribution in [0.25, 0.3) is 0 Å². The molecule has 3 unspecified atom stereocenters. The van der Waals surface area contributed by atoms with E-state index in [9.17, 15) is 4.79 Å². The van der Waals surface area contributed by atoms with Crippen molar-refractivity contribution in [3.8, 4) is 0 Å². The van der Waals surface area contributed by atoms with Crippen LogP contribution in [0.4, 0.5) is 0 Å². The molecule has 2 bridgehead atoms. The zero-order valence-corrected chi connectivity index (χ0v) is 13.1. The van der Waals surface area contributed by atoms with Crippen LogP contribution in [0.3, 0.4) is 0 Å². The number of nitrogens with one attached hydrogen (secondary N) is 1. The van der Waals surface area contributed by atoms with Crippen molar-refractivity contribution in [1.29, 1.82) is 0 Å². The number of rotatable bonds is 4. The summed E-state index contributed by atoms with van der Waals surface area (Å²) < 4.78 is 5.41. The Bertz CT molecular complexity index is 341. The van der Waals surface area contributed by atoms with Crippen molar-refractivity contribution >= 4 is 21.8 Å². The molecule has 1 aliphatic heterocycles. The zero-order chi connectivity index (χ0) is 13.3. The van der Waals surface area contributed by atoms with Crippen LogP contribution in [0.5, 0.6) is 0 Å². The molecule has 108 valence electrons. The Morgan fingerprint density at radius 2 is 2.05 bits per heavy atom. The van der Waals surface area contributed by atoms with Crippen molar-refractivity contribution in [1.82, 2.24) is 5.32 Å². The molecule has 0 aromatic rings. The highest BCUT2D eigenvalue weighted by Crippen LogP contribution is 2.49. The first-order valence-electron chi connectivity index (χ1n) is 7.65. The molecule has 0 radical (unpaired) electrons. The predicted octanol–water partition coefficient (Wildman–Crippen LogP) is 2.87. The lowest BCUT2D eigenvalue weighted by molar-refractivity contribution is -0.125. The Kier molecular flexibility index (Phi) is 4.18. The number of fused-ring (bicyclic) bond motifs is 2. The van der Waals surface area contributed by atoms with Gasteiger partial charge >= 0.3 is 0 Å². The molecule has 2 saturated carbocycles. The molecular weight excluding hydrogens is 306 g/mol. The fourth-order valence-corrected chi connectivity index (χ4v) is 4.97. The van der Waals surface area contributed by atoms with E-state index in [1.54, 1.807) is 0 Å². The van der Waals surface area contributed by atoms with Gasteiger partial charge in [-0.1, -0.05) is 22.4 Å². The molecule has 19 heavy (non-hydrogen) atoms. The van der Waals surface area contributed by atoms with Crippen LogP contribution in [-0.2, 0) is 9.53 Å². The van der Waals surface area contributed by atoms with Gasteiger partial charge in [-0.15, -0.1) is 0 Å². The average molecular weight is 330 g/mol. The number of ether oxygens (including phenoxy) is 1. The summed E-state index contributed by atoms with van der Waals surface area (Å²) in [5.74, 6) is 2.69. The third-order valence-corrected chi connectivity index (χ3v) is 6.52. The predicted molar refractivity (Wildman–Crippen MR) is 78.3 cm³/mol. The number of halogens is 1. The van der Waals surface area contributed by atoms with Crippen molar-refractivity contribution in [2.24, 2.45) is 17.8 Å². The molecular formula is C15H24BrNO2. The minimum atomic E-state index is -0.0625. The van der Waals surface area contributed by atoms with Crippen molar-refractivity contribution in [3.63, 3.8) is 0 Å². The number of hydrogen-bond acceptors (Lipinski definition) is 2. The van der Waals surface area contributed by atoms with Crippen LogP contribution in [-0.4, -0.2) is 30.0 Å². The SMILES string of the molecule is O=C(CC1CC2CCC1C2)NC1(CBr)CCOCC1. The first kappa shape index (κ1) is 13.9. The van der Waals surface area contributed by atoms with Gasteiger partial charge in [-0.25, -0.2) is 0 Å². The topological polar surface area (TPSA) is 38.3 Å². The summed E-state index contributed by atoms with van der Waals surface area (Å²) in [4.78, 5) is 12.3. The largest absolute Gasteiger partial charge is 0.381 e. The third-order valence-electron chi connectivity index (χ3n) is 5.44. The Balaban J connectivity index is 1.52. The van der Waals surface area contributed by atoms with Gasteiger partial charge in [-0.3, -0.25) is 4.79 Å². The second-order valence-corrected chi connectivity index (χ2v) is 7.27. The Labute approximate surface area is 124 Å². The van der Waals surface area contributed by atoms with E-state index in [4.69, 9.17) is 4.74 Å². The van der Waals surface area contributed by atoms with E-state index >= 15 is 0 Å². The van der Waals surface area contributed by atoms with Gasteiger partial charge in [0.1, 0.15) is 0 Å². The summed E-state index contributed by atoms with van der Waals surface area (Å²) in [5.41, 5.74) is -0.0625. The Morgan fingerprint density at radius 3 is 2.63 bits per heavy atom. The van der Waals surface area contributed by atoms with Crippen LogP contribution < -0.4 is 5.32 Å². The summed E-state index contributed by atoms with van der Waals surface area (Å²) in [6.07, 6.45) is 8.06. The van der Waals surface area contributed by atoms with Gasteiger partial charge in [0.2, 0.25) is 5.91 Å². The minimum absolute atomic E-state index is 0.0625. The molecule has 4 heteroatoms. The maximum atomic E-state index is 12.3. The van der Waals surface area contributed by atoms with Gasteiger partial charge in [0, 0.05) is 25.0 Å². The smallest absolute Gasteiger partial charge is 0.220 e. The van der Waals surface area contributed by atoms with Crippen molar-refractivity contribution < 1.29 is 9.53 Å². The van der Waals surface area contributed by atoms with Gasteiger partial charge in [0.25, 0.3) is 0 Å². The second kappa shape index (κ2) is 5.72. The van der Waals surface area contributed by atoms with Gasteiger partial charge in [-0.05, 0) is 49.9 Å². The third kappa shape index (κ3) is 2.99. The molecule has 2 aliphatic carbocycles. The molecule has 1 amide bonds. The van der Waals surface area contributed by atoms with E-state index in [0.29, 0.717) is 5.92 Å². The molecule has 3 fully saturated rings. The fourth-order valence-electron chi connectivity index (χ4n) is 4.27. The Morgan fingerprint density at radius 1 is 1.26 bits per heavy atom. The summed E-state index contributed by atoms with van der Waals surface area (Å²) >= 11 is 3.57. The summed E-state index contributed by atoms with van der Waals surface area (Å²) in [5, 5.41) is 4.14. The first-order chi connectivity index (χ1) is 9.21. The Hall–Kier alpha value is -0.0900. The summed E-state index contributed by atoms with van der Waals surface area (Å²) in [6, 6.07) is 0. The molecule has 3 aliphatic rings. The van der Waals surface area contributed by atoms with Gasteiger partial charge in [-0.2, -0.15) is 0 Å². The molecule has 0 aromatic heterocycles. The van der Waals surface area contributed by atoms with Crippen LogP contribution in [0.2, 0.25) is 0 Å². The molecule has 1 heterocycles. The van der Waals surface area contributed by atoms with E-state index in [0.717, 1.165) is 49.6 Å². The molecule has 1 N–H and O–H groups in total. The second-order valence-electron chi connectivity index (χ2n) is 6.71. The lowest BCUT2D eigenvalue weighted by atomic mass is 9.85. The van der Waals surface area contributed by atoms with Crippen molar-refractivity contribution in [3.05, 3.63) is 0 Å². The van der Waals surface area contributed by atoms with Gasteiger partial charge in [0.05, 0.1) is 5.54 Å². The highest BCUT2D eigenvalue weighted by atomic mass is 79.9.